The number of fused-ring (bicyclic) bond motifs is 1. The maximum atomic E-state index is 13.9. The number of imidazole rings is 1. The van der Waals surface area contributed by atoms with E-state index in [1.807, 2.05) is 10.8 Å². The van der Waals surface area contributed by atoms with Crippen LogP contribution in [0.4, 0.5) is 15.8 Å². The zero-order chi connectivity index (χ0) is 23.4. The van der Waals surface area contributed by atoms with E-state index in [2.05, 4.69) is 4.98 Å². The summed E-state index contributed by atoms with van der Waals surface area (Å²) < 4.78 is 22.0. The largest absolute Gasteiger partial charge is 0.376 e. The van der Waals surface area contributed by atoms with E-state index in [0.717, 1.165) is 18.5 Å². The Morgan fingerprint density at radius 2 is 2.15 bits per heavy atom. The number of benzene rings is 2. The van der Waals surface area contributed by atoms with Gasteiger partial charge in [0.1, 0.15) is 5.82 Å². The van der Waals surface area contributed by atoms with Gasteiger partial charge in [-0.05, 0) is 61.6 Å². The van der Waals surface area contributed by atoms with Crippen molar-refractivity contribution in [3.63, 3.8) is 0 Å². The molecule has 0 aliphatic carbocycles. The van der Waals surface area contributed by atoms with E-state index in [1.165, 1.54) is 30.3 Å². The van der Waals surface area contributed by atoms with Crippen LogP contribution in [0.25, 0.3) is 0 Å². The number of carbonyl (C=O) groups excluding carboxylic acids is 1. The molecule has 33 heavy (non-hydrogen) atoms. The Labute approximate surface area is 190 Å². The molecule has 0 fully saturated rings. The summed E-state index contributed by atoms with van der Waals surface area (Å²) in [6, 6.07) is 8.61. The second kappa shape index (κ2) is 9.91. The monoisotopic (exact) mass is 452 g/mol. The Morgan fingerprint density at radius 1 is 1.30 bits per heavy atom. The first kappa shape index (κ1) is 22.6. The fourth-order valence-electron chi connectivity index (χ4n) is 4.12. The molecule has 0 N–H and O–H groups in total. The number of ether oxygens (including phenoxy) is 1. The molecule has 8 nitrogen and oxygen atoms in total. The van der Waals surface area contributed by atoms with E-state index >= 15 is 0 Å². The van der Waals surface area contributed by atoms with Crippen LogP contribution in [0.5, 0.6) is 0 Å². The molecule has 2 aromatic carbocycles. The lowest BCUT2D eigenvalue weighted by molar-refractivity contribution is -0.384. The molecule has 1 aliphatic rings. The van der Waals surface area contributed by atoms with Crippen LogP contribution in [0.3, 0.4) is 0 Å². The standard InChI is InChI=1S/C24H25FN4O4/c1-17-13-20(29(31)32)5-7-22(17)24(30)28-15-21(33-12-2-10-27-11-9-26-16-27)6-3-18-14-19(25)4-8-23(18)28/h4-5,7-9,11,13-14,16,21H,2-3,6,10,12,15H2,1H3. The third-order valence-corrected chi connectivity index (χ3v) is 5.82. The van der Waals surface area contributed by atoms with Crippen molar-refractivity contribution in [2.24, 2.45) is 0 Å². The molecule has 0 saturated carbocycles. The summed E-state index contributed by atoms with van der Waals surface area (Å²) >= 11 is 0. The third-order valence-electron chi connectivity index (χ3n) is 5.82. The van der Waals surface area contributed by atoms with Gasteiger partial charge < -0.3 is 14.2 Å². The quantitative estimate of drug-likeness (QED) is 0.303. The Balaban J connectivity index is 1.54. The molecule has 0 saturated heterocycles. The Bertz CT molecular complexity index is 1150. The predicted molar refractivity (Wildman–Crippen MR) is 121 cm³/mol. The lowest BCUT2D eigenvalue weighted by Gasteiger charge is -2.27. The van der Waals surface area contributed by atoms with E-state index < -0.39 is 4.92 Å². The average Bonchev–Trinajstić information content (AvgIpc) is 3.24. The van der Waals surface area contributed by atoms with Gasteiger partial charge in [-0.15, -0.1) is 0 Å². The number of nitrogens with zero attached hydrogens (tertiary/aromatic N) is 4. The first-order valence-electron chi connectivity index (χ1n) is 10.8. The zero-order valence-electron chi connectivity index (χ0n) is 18.3. The number of aromatic nitrogens is 2. The molecule has 1 unspecified atom stereocenters. The molecule has 172 valence electrons. The molecule has 0 radical (unpaired) electrons. The minimum atomic E-state index is -0.487. The Hall–Kier alpha value is -3.59. The molecule has 0 spiro atoms. The number of carbonyl (C=O) groups is 1. The van der Waals surface area contributed by atoms with Crippen molar-refractivity contribution in [1.82, 2.24) is 9.55 Å². The molecular formula is C24H25FN4O4. The van der Waals surface area contributed by atoms with Crippen molar-refractivity contribution < 1.29 is 18.8 Å². The number of aryl methyl sites for hydroxylation is 3. The van der Waals surface area contributed by atoms with Crippen LogP contribution < -0.4 is 4.90 Å². The van der Waals surface area contributed by atoms with Crippen molar-refractivity contribution in [3.8, 4) is 0 Å². The van der Waals surface area contributed by atoms with Crippen molar-refractivity contribution in [2.75, 3.05) is 18.1 Å². The first-order valence-corrected chi connectivity index (χ1v) is 10.8. The van der Waals surface area contributed by atoms with Crippen LogP contribution in [0.2, 0.25) is 0 Å². The van der Waals surface area contributed by atoms with Crippen LogP contribution in [-0.4, -0.2) is 39.6 Å². The maximum absolute atomic E-state index is 13.9. The molecule has 9 heteroatoms. The summed E-state index contributed by atoms with van der Waals surface area (Å²) in [5.41, 5.74) is 2.20. The number of halogens is 1. The van der Waals surface area contributed by atoms with Crippen molar-refractivity contribution in [3.05, 3.63) is 87.7 Å². The zero-order valence-corrected chi connectivity index (χ0v) is 18.3. The van der Waals surface area contributed by atoms with Crippen LogP contribution in [0.15, 0.2) is 55.1 Å². The van der Waals surface area contributed by atoms with E-state index in [1.54, 1.807) is 30.4 Å². The lowest BCUT2D eigenvalue weighted by atomic mass is 10.0. The number of nitro groups is 1. The first-order chi connectivity index (χ1) is 15.9. The van der Waals surface area contributed by atoms with Gasteiger partial charge in [-0.3, -0.25) is 14.9 Å². The summed E-state index contributed by atoms with van der Waals surface area (Å²) in [5.74, 6) is -0.642. The second-order valence-electron chi connectivity index (χ2n) is 8.13. The summed E-state index contributed by atoms with van der Waals surface area (Å²) in [6.07, 6.45) is 7.20. The summed E-state index contributed by atoms with van der Waals surface area (Å²) in [4.78, 5) is 29.7. The van der Waals surface area contributed by atoms with Crippen LogP contribution in [0.1, 0.15) is 34.3 Å². The van der Waals surface area contributed by atoms with Gasteiger partial charge in [-0.2, -0.15) is 0 Å². The van der Waals surface area contributed by atoms with Crippen molar-refractivity contribution >= 4 is 17.3 Å². The van der Waals surface area contributed by atoms with Gasteiger partial charge in [0.05, 0.1) is 23.9 Å². The minimum absolute atomic E-state index is 0.0681. The van der Waals surface area contributed by atoms with Gasteiger partial charge in [0.25, 0.3) is 11.6 Å². The fourth-order valence-corrected chi connectivity index (χ4v) is 4.12. The number of amides is 1. The van der Waals surface area contributed by atoms with E-state index in [9.17, 15) is 19.3 Å². The minimum Gasteiger partial charge on any atom is -0.376 e. The SMILES string of the molecule is Cc1cc([N+](=O)[O-])ccc1C(=O)N1CC(OCCCn2ccnc2)CCc2cc(F)ccc21. The molecule has 1 aliphatic heterocycles. The fraction of sp³-hybridized carbons (Fsp3) is 0.333. The van der Waals surface area contributed by atoms with Gasteiger partial charge in [-0.25, -0.2) is 9.37 Å². The molecule has 1 amide bonds. The van der Waals surface area contributed by atoms with Gasteiger partial charge in [0.2, 0.25) is 0 Å². The predicted octanol–water partition coefficient (Wildman–Crippen LogP) is 4.31. The Kier molecular flexibility index (Phi) is 6.79. The Morgan fingerprint density at radius 3 is 2.88 bits per heavy atom. The topological polar surface area (TPSA) is 90.5 Å². The number of non-ortho nitro benzene ring substituents is 1. The van der Waals surface area contributed by atoms with Gasteiger partial charge >= 0.3 is 0 Å². The highest BCUT2D eigenvalue weighted by Gasteiger charge is 2.29. The maximum Gasteiger partial charge on any atom is 0.269 e. The van der Waals surface area contributed by atoms with Gasteiger partial charge in [-0.1, -0.05) is 0 Å². The summed E-state index contributed by atoms with van der Waals surface area (Å²) in [7, 11) is 0. The molecule has 1 atom stereocenters. The number of anilines is 1. The highest BCUT2D eigenvalue weighted by atomic mass is 19.1. The van der Waals surface area contributed by atoms with Gasteiger partial charge in [0, 0.05) is 48.9 Å². The highest BCUT2D eigenvalue weighted by Crippen LogP contribution is 2.30. The number of hydrogen-bond donors (Lipinski definition) is 0. The second-order valence-corrected chi connectivity index (χ2v) is 8.13. The molecule has 1 aromatic heterocycles. The summed E-state index contributed by atoms with van der Waals surface area (Å²) in [5, 5.41) is 11.1. The van der Waals surface area contributed by atoms with Crippen molar-refractivity contribution in [1.29, 1.82) is 0 Å². The number of hydrogen-bond acceptors (Lipinski definition) is 5. The van der Waals surface area contributed by atoms with Crippen LogP contribution in [-0.2, 0) is 17.7 Å². The van der Waals surface area contributed by atoms with Gasteiger partial charge in [0.15, 0.2) is 0 Å². The third kappa shape index (κ3) is 5.25. The van der Waals surface area contributed by atoms with E-state index in [0.29, 0.717) is 42.8 Å². The number of rotatable bonds is 7. The van der Waals surface area contributed by atoms with Crippen molar-refractivity contribution in [2.45, 2.75) is 38.8 Å². The van der Waals surface area contributed by atoms with Crippen LogP contribution in [0, 0.1) is 22.9 Å². The van der Waals surface area contributed by atoms with Crippen LogP contribution >= 0.6 is 0 Å². The smallest absolute Gasteiger partial charge is 0.269 e. The van der Waals surface area contributed by atoms with E-state index in [4.69, 9.17) is 4.74 Å². The molecule has 2 heterocycles. The molecule has 3 aromatic rings. The lowest BCUT2D eigenvalue weighted by Crippen LogP contribution is -2.38. The number of nitro benzene ring substituents is 1. The van der Waals surface area contributed by atoms with E-state index in [-0.39, 0.29) is 23.5 Å². The highest BCUT2D eigenvalue weighted by molar-refractivity contribution is 6.07. The molecule has 4 rings (SSSR count). The molecule has 0 bridgehead atoms. The normalized spacial score (nSPS) is 15.7. The average molecular weight is 452 g/mol. The molecular weight excluding hydrogens is 427 g/mol. The summed E-state index contributed by atoms with van der Waals surface area (Å²) in [6.45, 7) is 3.29.